The van der Waals surface area contributed by atoms with E-state index in [9.17, 15) is 33.5 Å². The number of benzene rings is 2. The predicted molar refractivity (Wildman–Crippen MR) is 197 cm³/mol. The standard InChI is InChI=1S/C40H48F2N6O6/c1-40(2,3)37(33-20-26(29-21-27(41)12-13-30(29)42)23-46(33)22-25-8-5-4-6-9-25)48(36(52)24-49)18-16-31(43)39(54)45-32-11-7-10-28(32)38(53)44-17-19-47-34(50)14-15-35(47)51/h4-6,8-9,12-15,20-21,23,28,31-32,37,49H,7,10-11,16-19,22,24,43H2,1-3H3,(H,44,53)(H,45,54)/t28?,31-,32?,37-/m0/s1. The molecule has 288 valence electrons. The van der Waals surface area contributed by atoms with Crippen LogP contribution in [0.1, 0.15) is 63.8 Å². The molecule has 54 heavy (non-hydrogen) atoms. The number of nitrogens with two attached hydrogens (primary N) is 1. The Morgan fingerprint density at radius 1 is 1.02 bits per heavy atom. The van der Waals surface area contributed by atoms with E-state index in [0.717, 1.165) is 28.7 Å². The lowest BCUT2D eigenvalue weighted by atomic mass is 9.82. The number of amides is 5. The second kappa shape index (κ2) is 17.3. The molecule has 4 atom stereocenters. The van der Waals surface area contributed by atoms with E-state index in [1.165, 1.54) is 17.1 Å². The van der Waals surface area contributed by atoms with Crippen molar-refractivity contribution in [3.8, 4) is 11.1 Å². The first kappa shape index (κ1) is 40.0. The van der Waals surface area contributed by atoms with Crippen LogP contribution in [0.5, 0.6) is 0 Å². The molecule has 1 aliphatic carbocycles. The van der Waals surface area contributed by atoms with Crippen molar-refractivity contribution in [1.29, 1.82) is 0 Å². The maximum Gasteiger partial charge on any atom is 0.253 e. The Kier molecular flexibility index (Phi) is 12.8. The van der Waals surface area contributed by atoms with Crippen molar-refractivity contribution in [3.63, 3.8) is 0 Å². The molecule has 5 rings (SSSR count). The number of halogens is 2. The lowest BCUT2D eigenvalue weighted by Crippen LogP contribution is -2.51. The molecule has 0 bridgehead atoms. The zero-order valence-corrected chi connectivity index (χ0v) is 30.8. The smallest absolute Gasteiger partial charge is 0.253 e. The van der Waals surface area contributed by atoms with Crippen molar-refractivity contribution in [2.75, 3.05) is 26.2 Å². The number of carbonyl (C=O) groups is 5. The molecule has 1 aliphatic heterocycles. The molecular formula is C40H48F2N6O6. The lowest BCUT2D eigenvalue weighted by molar-refractivity contribution is -0.140. The van der Waals surface area contributed by atoms with Crippen LogP contribution in [0.2, 0.25) is 0 Å². The normalized spacial score (nSPS) is 18.2. The topological polar surface area (TPSA) is 167 Å². The molecule has 5 amide bonds. The van der Waals surface area contributed by atoms with Gasteiger partial charge in [0.05, 0.1) is 18.0 Å². The third-order valence-corrected chi connectivity index (χ3v) is 9.97. The molecule has 14 heteroatoms. The molecule has 5 N–H and O–H groups in total. The Labute approximate surface area is 313 Å². The van der Waals surface area contributed by atoms with Crippen molar-refractivity contribution in [1.82, 2.24) is 25.0 Å². The molecule has 2 unspecified atom stereocenters. The molecule has 2 aromatic carbocycles. The summed E-state index contributed by atoms with van der Waals surface area (Å²) in [4.78, 5) is 66.1. The summed E-state index contributed by atoms with van der Waals surface area (Å²) in [6.45, 7) is 5.40. The fourth-order valence-electron chi connectivity index (χ4n) is 7.32. The van der Waals surface area contributed by atoms with Gasteiger partial charge in [-0.25, -0.2) is 8.78 Å². The van der Waals surface area contributed by atoms with Crippen LogP contribution in [0.25, 0.3) is 11.1 Å². The van der Waals surface area contributed by atoms with Gasteiger partial charge < -0.3 is 30.9 Å². The minimum Gasteiger partial charge on any atom is -0.387 e. The van der Waals surface area contributed by atoms with Crippen LogP contribution < -0.4 is 16.4 Å². The number of rotatable bonds is 15. The van der Waals surface area contributed by atoms with Crippen LogP contribution in [0.4, 0.5) is 8.78 Å². The van der Waals surface area contributed by atoms with Crippen LogP contribution in [0.3, 0.4) is 0 Å². The van der Waals surface area contributed by atoms with Crippen molar-refractivity contribution < 1.29 is 37.9 Å². The van der Waals surface area contributed by atoms with Gasteiger partial charge in [0.25, 0.3) is 11.8 Å². The summed E-state index contributed by atoms with van der Waals surface area (Å²) >= 11 is 0. The first-order chi connectivity index (χ1) is 25.7. The number of aromatic nitrogens is 1. The van der Waals surface area contributed by atoms with E-state index >= 15 is 4.39 Å². The quantitative estimate of drug-likeness (QED) is 0.173. The second-order valence-electron chi connectivity index (χ2n) is 14.9. The molecule has 0 radical (unpaired) electrons. The van der Waals surface area contributed by atoms with Crippen LogP contribution in [0.15, 0.2) is 72.9 Å². The molecule has 12 nitrogen and oxygen atoms in total. The van der Waals surface area contributed by atoms with Crippen molar-refractivity contribution >= 4 is 29.5 Å². The molecule has 1 saturated carbocycles. The maximum absolute atomic E-state index is 15.1. The average Bonchev–Trinajstić information content (AvgIpc) is 3.85. The van der Waals surface area contributed by atoms with Gasteiger partial charge in [0.15, 0.2) is 0 Å². The van der Waals surface area contributed by atoms with Crippen LogP contribution in [0, 0.1) is 23.0 Å². The fourth-order valence-corrected chi connectivity index (χ4v) is 7.32. The number of nitrogens with one attached hydrogen (secondary N) is 2. The molecule has 2 heterocycles. The van der Waals surface area contributed by atoms with E-state index in [0.29, 0.717) is 37.1 Å². The van der Waals surface area contributed by atoms with Gasteiger partial charge in [-0.05, 0) is 54.5 Å². The average molecular weight is 747 g/mol. The second-order valence-corrected chi connectivity index (χ2v) is 14.9. The third kappa shape index (κ3) is 9.47. The zero-order chi connectivity index (χ0) is 39.2. The summed E-state index contributed by atoms with van der Waals surface area (Å²) in [5, 5.41) is 15.8. The van der Waals surface area contributed by atoms with Crippen LogP contribution in [-0.2, 0) is 30.5 Å². The number of nitrogens with zero attached hydrogens (tertiary/aromatic N) is 3. The highest BCUT2D eigenvalue weighted by atomic mass is 19.1. The van der Waals surface area contributed by atoms with E-state index in [4.69, 9.17) is 5.73 Å². The SMILES string of the molecule is CC(C)(C)[C@H](c1cc(-c2cc(F)ccc2F)cn1Cc1ccccc1)N(CC[C@H](N)C(=O)NC1CCCC1C(=O)NCCN1C(=O)C=CC1=O)C(=O)CO. The van der Waals surface area contributed by atoms with Crippen molar-refractivity contribution in [2.24, 2.45) is 17.1 Å². The first-order valence-electron chi connectivity index (χ1n) is 18.1. The van der Waals surface area contributed by atoms with Crippen molar-refractivity contribution in [3.05, 3.63) is 95.8 Å². The Morgan fingerprint density at radius 3 is 2.39 bits per heavy atom. The lowest BCUT2D eigenvalue weighted by Gasteiger charge is -2.41. The molecular weight excluding hydrogens is 698 g/mol. The molecule has 2 aliphatic rings. The summed E-state index contributed by atoms with van der Waals surface area (Å²) in [5.41, 5.74) is 7.75. The van der Waals surface area contributed by atoms with E-state index in [1.807, 2.05) is 55.7 Å². The highest BCUT2D eigenvalue weighted by molar-refractivity contribution is 6.12. The number of carbonyl (C=O) groups excluding carboxylic acids is 5. The van der Waals surface area contributed by atoms with Gasteiger partial charge >= 0.3 is 0 Å². The highest BCUT2D eigenvalue weighted by Gasteiger charge is 2.39. The summed E-state index contributed by atoms with van der Waals surface area (Å²) < 4.78 is 31.3. The molecule has 3 aromatic rings. The molecule has 0 spiro atoms. The summed E-state index contributed by atoms with van der Waals surface area (Å²) in [7, 11) is 0. The predicted octanol–water partition coefficient (Wildman–Crippen LogP) is 3.43. The Morgan fingerprint density at radius 2 is 1.72 bits per heavy atom. The monoisotopic (exact) mass is 746 g/mol. The van der Waals surface area contributed by atoms with Gasteiger partial charge in [0, 0.05) is 67.4 Å². The third-order valence-electron chi connectivity index (χ3n) is 9.97. The van der Waals surface area contributed by atoms with E-state index < -0.39 is 71.3 Å². The summed E-state index contributed by atoms with van der Waals surface area (Å²) in [5.74, 6) is -4.02. The summed E-state index contributed by atoms with van der Waals surface area (Å²) in [6.07, 6.45) is 5.87. The van der Waals surface area contributed by atoms with Gasteiger partial charge in [-0.1, -0.05) is 57.5 Å². The number of aliphatic hydroxyl groups excluding tert-OH is 1. The van der Waals surface area contributed by atoms with Gasteiger partial charge in [-0.3, -0.25) is 28.9 Å². The van der Waals surface area contributed by atoms with Gasteiger partial charge in [0.1, 0.15) is 18.2 Å². The molecule has 1 fully saturated rings. The number of imide groups is 1. The van der Waals surface area contributed by atoms with Gasteiger partial charge in [0.2, 0.25) is 17.7 Å². The Bertz CT molecular complexity index is 1870. The first-order valence-corrected chi connectivity index (χ1v) is 18.1. The Hall–Kier alpha value is -5.21. The van der Waals surface area contributed by atoms with Crippen LogP contribution in [-0.4, -0.2) is 87.3 Å². The van der Waals surface area contributed by atoms with Gasteiger partial charge in [-0.2, -0.15) is 0 Å². The molecule has 1 aromatic heterocycles. The largest absolute Gasteiger partial charge is 0.387 e. The van der Waals surface area contributed by atoms with E-state index in [-0.39, 0.29) is 37.5 Å². The minimum atomic E-state index is -1.07. The number of aliphatic hydroxyl groups is 1. The Balaban J connectivity index is 1.32. The summed E-state index contributed by atoms with van der Waals surface area (Å²) in [6, 6.07) is 12.2. The van der Waals surface area contributed by atoms with Crippen molar-refractivity contribution in [2.45, 2.75) is 71.1 Å². The van der Waals surface area contributed by atoms with Crippen LogP contribution >= 0.6 is 0 Å². The number of hydrogen-bond donors (Lipinski definition) is 4. The maximum atomic E-state index is 15.1. The molecule has 0 saturated heterocycles. The zero-order valence-electron chi connectivity index (χ0n) is 30.8. The van der Waals surface area contributed by atoms with E-state index in [1.54, 1.807) is 12.3 Å². The van der Waals surface area contributed by atoms with E-state index in [2.05, 4.69) is 10.6 Å². The number of hydrogen-bond acceptors (Lipinski definition) is 7. The highest BCUT2D eigenvalue weighted by Crippen LogP contribution is 2.41. The van der Waals surface area contributed by atoms with Gasteiger partial charge in [-0.15, -0.1) is 0 Å². The minimum absolute atomic E-state index is 0.0183. The fraction of sp³-hybridized carbons (Fsp3) is 0.425.